The van der Waals surface area contributed by atoms with E-state index in [0.29, 0.717) is 0 Å². The van der Waals surface area contributed by atoms with Crippen LogP contribution in [0.25, 0.3) is 0 Å². The molecule has 1 heterocycles. The Morgan fingerprint density at radius 1 is 1.31 bits per heavy atom. The lowest BCUT2D eigenvalue weighted by Gasteiger charge is -2.26. The minimum atomic E-state index is 0.0973. The Morgan fingerprint density at radius 3 is 2.69 bits per heavy atom. The van der Waals surface area contributed by atoms with Crippen molar-refractivity contribution in [3.05, 3.63) is 0 Å². The van der Waals surface area contributed by atoms with Gasteiger partial charge in [-0.25, -0.2) is 0 Å². The Kier molecular flexibility index (Phi) is 2.83. The predicted molar refractivity (Wildman–Crippen MR) is 51.4 cm³/mol. The lowest BCUT2D eigenvalue weighted by atomic mass is 9.85. The maximum Gasteiger partial charge on any atom is 0.237 e. The highest BCUT2D eigenvalue weighted by Gasteiger charge is 2.23. The molecule has 0 aromatic rings. The third-order valence-corrected chi connectivity index (χ3v) is 3.17. The molecule has 0 aromatic carbocycles. The monoisotopic (exact) mass is 182 g/mol. The smallest absolute Gasteiger partial charge is 0.237 e. The maximum absolute atomic E-state index is 11.5. The van der Waals surface area contributed by atoms with Crippen LogP contribution in [0.15, 0.2) is 0 Å². The molecule has 13 heavy (non-hydrogen) atoms. The summed E-state index contributed by atoms with van der Waals surface area (Å²) in [5, 5.41) is 6.23. The number of nitrogens with one attached hydrogen (secondary N) is 2. The third-order valence-electron chi connectivity index (χ3n) is 3.17. The Morgan fingerprint density at radius 2 is 2.15 bits per heavy atom. The van der Waals surface area contributed by atoms with Crippen LogP contribution in [0, 0.1) is 5.92 Å². The molecule has 1 amide bonds. The molecule has 2 rings (SSSR count). The summed E-state index contributed by atoms with van der Waals surface area (Å²) in [6.07, 6.45) is 6.11. The van der Waals surface area contributed by atoms with Crippen molar-refractivity contribution in [3.63, 3.8) is 0 Å². The molecule has 3 heteroatoms. The van der Waals surface area contributed by atoms with Crippen molar-refractivity contribution in [2.24, 2.45) is 5.92 Å². The van der Waals surface area contributed by atoms with Gasteiger partial charge in [-0.05, 0) is 38.1 Å². The van der Waals surface area contributed by atoms with Crippen LogP contribution >= 0.6 is 0 Å². The number of carbonyl (C=O) groups is 1. The van der Waals surface area contributed by atoms with Gasteiger partial charge >= 0.3 is 0 Å². The van der Waals surface area contributed by atoms with Gasteiger partial charge in [0.1, 0.15) is 0 Å². The van der Waals surface area contributed by atoms with Gasteiger partial charge in [-0.15, -0.1) is 0 Å². The molecule has 0 bridgehead atoms. The Bertz CT molecular complexity index is 183. The van der Waals surface area contributed by atoms with Crippen molar-refractivity contribution in [1.29, 1.82) is 0 Å². The lowest BCUT2D eigenvalue weighted by molar-refractivity contribution is -0.123. The van der Waals surface area contributed by atoms with Crippen molar-refractivity contribution >= 4 is 5.91 Å². The van der Waals surface area contributed by atoms with E-state index in [1.54, 1.807) is 0 Å². The Balaban J connectivity index is 1.65. The molecule has 2 aliphatic rings. The topological polar surface area (TPSA) is 41.1 Å². The SMILES string of the molecule is O=C(NCC1CCC1)[C@@H]1CCCN1. The van der Waals surface area contributed by atoms with E-state index in [1.165, 1.54) is 19.3 Å². The first-order valence-corrected chi connectivity index (χ1v) is 5.37. The molecule has 1 atom stereocenters. The van der Waals surface area contributed by atoms with Crippen molar-refractivity contribution in [3.8, 4) is 0 Å². The van der Waals surface area contributed by atoms with Crippen LogP contribution < -0.4 is 10.6 Å². The van der Waals surface area contributed by atoms with Crippen molar-refractivity contribution < 1.29 is 4.79 Å². The second-order valence-corrected chi connectivity index (χ2v) is 4.19. The highest BCUT2D eigenvalue weighted by atomic mass is 16.2. The summed E-state index contributed by atoms with van der Waals surface area (Å²) in [5.74, 6) is 0.981. The van der Waals surface area contributed by atoms with E-state index in [1.807, 2.05) is 0 Å². The second kappa shape index (κ2) is 4.09. The molecule has 2 fully saturated rings. The van der Waals surface area contributed by atoms with Gasteiger partial charge in [-0.3, -0.25) is 4.79 Å². The molecule has 74 valence electrons. The number of hydrogen-bond donors (Lipinski definition) is 2. The summed E-state index contributed by atoms with van der Waals surface area (Å²) in [6, 6.07) is 0.0973. The molecule has 1 saturated heterocycles. The van der Waals surface area contributed by atoms with Gasteiger partial charge in [0.05, 0.1) is 6.04 Å². The zero-order chi connectivity index (χ0) is 9.10. The molecule has 0 aromatic heterocycles. The van der Waals surface area contributed by atoms with Crippen LogP contribution in [-0.4, -0.2) is 25.0 Å². The summed E-state index contributed by atoms with van der Waals surface area (Å²) in [4.78, 5) is 11.5. The van der Waals surface area contributed by atoms with Crippen LogP contribution in [0.4, 0.5) is 0 Å². The summed E-state index contributed by atoms with van der Waals surface area (Å²) < 4.78 is 0. The van der Waals surface area contributed by atoms with Gasteiger partial charge < -0.3 is 10.6 Å². The fourth-order valence-electron chi connectivity index (χ4n) is 1.97. The molecule has 2 N–H and O–H groups in total. The first kappa shape index (κ1) is 9.00. The van der Waals surface area contributed by atoms with Crippen molar-refractivity contribution in [1.82, 2.24) is 10.6 Å². The molecular formula is C10H18N2O. The van der Waals surface area contributed by atoms with E-state index in [9.17, 15) is 4.79 Å². The minimum Gasteiger partial charge on any atom is -0.354 e. The summed E-state index contributed by atoms with van der Waals surface area (Å²) in [7, 11) is 0. The van der Waals surface area contributed by atoms with Gasteiger partial charge in [-0.2, -0.15) is 0 Å². The fraction of sp³-hybridized carbons (Fsp3) is 0.900. The van der Waals surface area contributed by atoms with E-state index >= 15 is 0 Å². The van der Waals surface area contributed by atoms with Crippen molar-refractivity contribution in [2.75, 3.05) is 13.1 Å². The quantitative estimate of drug-likeness (QED) is 0.673. The summed E-state index contributed by atoms with van der Waals surface area (Å²) in [6.45, 7) is 1.90. The van der Waals surface area contributed by atoms with Crippen LogP contribution in [-0.2, 0) is 4.79 Å². The standard InChI is InChI=1S/C10H18N2O/c13-10(9-5-2-6-11-9)12-7-8-3-1-4-8/h8-9,11H,1-7H2,(H,12,13)/t9-/m0/s1. The minimum absolute atomic E-state index is 0.0973. The van der Waals surface area contributed by atoms with Gasteiger partial charge in [0.2, 0.25) is 5.91 Å². The Labute approximate surface area is 79.3 Å². The third kappa shape index (κ3) is 2.21. The first-order valence-electron chi connectivity index (χ1n) is 5.37. The van der Waals surface area contributed by atoms with Crippen LogP contribution in [0.1, 0.15) is 32.1 Å². The average molecular weight is 182 g/mol. The zero-order valence-corrected chi connectivity index (χ0v) is 8.01. The number of amides is 1. The van der Waals surface area contributed by atoms with Gasteiger partial charge in [0.25, 0.3) is 0 Å². The molecule has 1 saturated carbocycles. The Hall–Kier alpha value is -0.570. The van der Waals surface area contributed by atoms with E-state index in [2.05, 4.69) is 10.6 Å². The highest BCUT2D eigenvalue weighted by Crippen LogP contribution is 2.25. The van der Waals surface area contributed by atoms with Gasteiger partial charge in [0, 0.05) is 6.54 Å². The number of hydrogen-bond acceptors (Lipinski definition) is 2. The van der Waals surface area contributed by atoms with Crippen LogP contribution in [0.5, 0.6) is 0 Å². The summed E-state index contributed by atoms with van der Waals surface area (Å²) >= 11 is 0. The average Bonchev–Trinajstić information content (AvgIpc) is 2.52. The van der Waals surface area contributed by atoms with Gasteiger partial charge in [0.15, 0.2) is 0 Å². The number of carbonyl (C=O) groups excluding carboxylic acids is 1. The van der Waals surface area contributed by atoms with E-state index < -0.39 is 0 Å². The molecular weight excluding hydrogens is 164 g/mol. The van der Waals surface area contributed by atoms with Crippen molar-refractivity contribution in [2.45, 2.75) is 38.1 Å². The van der Waals surface area contributed by atoms with E-state index in [-0.39, 0.29) is 11.9 Å². The lowest BCUT2D eigenvalue weighted by Crippen LogP contribution is -2.43. The van der Waals surface area contributed by atoms with Crippen LogP contribution in [0.2, 0.25) is 0 Å². The van der Waals surface area contributed by atoms with E-state index in [4.69, 9.17) is 0 Å². The molecule has 0 unspecified atom stereocenters. The highest BCUT2D eigenvalue weighted by molar-refractivity contribution is 5.81. The maximum atomic E-state index is 11.5. The zero-order valence-electron chi connectivity index (χ0n) is 8.01. The normalized spacial score (nSPS) is 28.5. The number of rotatable bonds is 3. The van der Waals surface area contributed by atoms with Gasteiger partial charge in [-0.1, -0.05) is 6.42 Å². The predicted octanol–water partition coefficient (Wildman–Crippen LogP) is 0.655. The van der Waals surface area contributed by atoms with E-state index in [0.717, 1.165) is 31.8 Å². The molecule has 0 spiro atoms. The molecule has 1 aliphatic carbocycles. The van der Waals surface area contributed by atoms with Crippen LogP contribution in [0.3, 0.4) is 0 Å². The first-order chi connectivity index (χ1) is 6.36. The largest absolute Gasteiger partial charge is 0.354 e. The fourth-order valence-corrected chi connectivity index (χ4v) is 1.97. The molecule has 1 aliphatic heterocycles. The molecule has 0 radical (unpaired) electrons. The summed E-state index contributed by atoms with van der Waals surface area (Å²) in [5.41, 5.74) is 0. The second-order valence-electron chi connectivity index (χ2n) is 4.19. The molecule has 3 nitrogen and oxygen atoms in total.